The summed E-state index contributed by atoms with van der Waals surface area (Å²) in [6.07, 6.45) is 0. The van der Waals surface area contributed by atoms with Crippen LogP contribution in [0.15, 0.2) is 126 Å². The Morgan fingerprint density at radius 2 is 1.11 bits per heavy atom. The highest BCUT2D eigenvalue weighted by Crippen LogP contribution is 2.39. The van der Waals surface area contributed by atoms with Gasteiger partial charge in [0.05, 0.1) is 0 Å². The van der Waals surface area contributed by atoms with Gasteiger partial charge in [-0.2, -0.15) is 9.97 Å². The number of benzene rings is 5. The van der Waals surface area contributed by atoms with E-state index in [-0.39, 0.29) is 5.28 Å². The Bertz CT molecular complexity index is 1930. The minimum absolute atomic E-state index is 0.149. The van der Waals surface area contributed by atoms with Crippen LogP contribution in [0.1, 0.15) is 0 Å². The fourth-order valence-corrected chi connectivity index (χ4v) is 5.13. The molecule has 7 rings (SSSR count). The minimum Gasteiger partial charge on any atom is -0.456 e. The molecule has 0 bridgehead atoms. The van der Waals surface area contributed by atoms with E-state index in [4.69, 9.17) is 21.0 Å². The third-order valence-corrected chi connectivity index (χ3v) is 6.87. The van der Waals surface area contributed by atoms with E-state index in [0.717, 1.165) is 44.2 Å². The third-order valence-electron chi connectivity index (χ3n) is 6.70. The highest BCUT2D eigenvalue weighted by atomic mass is 35.5. The van der Waals surface area contributed by atoms with E-state index in [1.165, 1.54) is 11.1 Å². The molecule has 0 unspecified atom stereocenters. The van der Waals surface area contributed by atoms with Crippen LogP contribution in [0.5, 0.6) is 0 Å². The monoisotopic (exact) mass is 509 g/mol. The first-order chi connectivity index (χ1) is 18.7. The zero-order valence-electron chi connectivity index (χ0n) is 20.2. The molecule has 0 N–H and O–H groups in total. The van der Waals surface area contributed by atoms with Gasteiger partial charge in [0.1, 0.15) is 11.2 Å². The molecule has 0 spiro atoms. The maximum absolute atomic E-state index is 6.39. The minimum atomic E-state index is 0.149. The van der Waals surface area contributed by atoms with Crippen molar-refractivity contribution in [3.05, 3.63) is 127 Å². The summed E-state index contributed by atoms with van der Waals surface area (Å²) >= 11 is 6.39. The summed E-state index contributed by atoms with van der Waals surface area (Å²) < 4.78 is 6.26. The van der Waals surface area contributed by atoms with Crippen molar-refractivity contribution in [1.82, 2.24) is 15.0 Å². The fraction of sp³-hybridized carbons (Fsp3) is 0. The van der Waals surface area contributed by atoms with Crippen molar-refractivity contribution >= 4 is 33.5 Å². The summed E-state index contributed by atoms with van der Waals surface area (Å²) in [4.78, 5) is 13.7. The standard InChI is InChI=1S/C33H20ClN3O/c34-33-36-31(22-12-5-2-6-13-22)35-32(37-33)26-16-9-17-29-30(26)27-20-23(18-19-28(27)38-29)25-15-8-7-14-24(25)21-10-3-1-4-11-21/h1-20H. The van der Waals surface area contributed by atoms with E-state index < -0.39 is 0 Å². The second-order valence-corrected chi connectivity index (χ2v) is 9.36. The molecule has 0 fully saturated rings. The van der Waals surface area contributed by atoms with Gasteiger partial charge >= 0.3 is 0 Å². The maximum Gasteiger partial charge on any atom is 0.226 e. The molecule has 0 aliphatic heterocycles. The molecular formula is C33H20ClN3O. The lowest BCUT2D eigenvalue weighted by molar-refractivity contribution is 0.669. The summed E-state index contributed by atoms with van der Waals surface area (Å²) in [5.41, 5.74) is 7.90. The van der Waals surface area contributed by atoms with Gasteiger partial charge in [0.15, 0.2) is 11.6 Å². The molecule has 0 amide bonds. The van der Waals surface area contributed by atoms with Crippen LogP contribution in [0.4, 0.5) is 0 Å². The van der Waals surface area contributed by atoms with Gasteiger partial charge in [-0.25, -0.2) is 4.98 Å². The Balaban J connectivity index is 1.44. The van der Waals surface area contributed by atoms with Gasteiger partial charge in [0.25, 0.3) is 0 Å². The Hall–Kier alpha value is -4.80. The fourth-order valence-electron chi connectivity index (χ4n) is 4.97. The van der Waals surface area contributed by atoms with Crippen molar-refractivity contribution < 1.29 is 4.42 Å². The predicted octanol–water partition coefficient (Wildman–Crippen LogP) is 9.09. The summed E-state index contributed by atoms with van der Waals surface area (Å²) in [7, 11) is 0. The van der Waals surface area contributed by atoms with E-state index in [0.29, 0.717) is 11.6 Å². The molecule has 5 heteroatoms. The van der Waals surface area contributed by atoms with Crippen molar-refractivity contribution in [2.75, 3.05) is 0 Å². The molecule has 2 aromatic heterocycles. The van der Waals surface area contributed by atoms with Gasteiger partial charge < -0.3 is 4.42 Å². The van der Waals surface area contributed by atoms with E-state index in [1.54, 1.807) is 0 Å². The maximum atomic E-state index is 6.39. The number of hydrogen-bond donors (Lipinski definition) is 0. The topological polar surface area (TPSA) is 51.8 Å². The lowest BCUT2D eigenvalue weighted by Crippen LogP contribution is -1.97. The number of nitrogens with zero attached hydrogens (tertiary/aromatic N) is 3. The van der Waals surface area contributed by atoms with Crippen LogP contribution in [0.3, 0.4) is 0 Å². The number of rotatable bonds is 4. The molecule has 0 aliphatic carbocycles. The second-order valence-electron chi connectivity index (χ2n) is 9.02. The third kappa shape index (κ3) is 3.92. The van der Waals surface area contributed by atoms with Gasteiger partial charge in [-0.15, -0.1) is 0 Å². The lowest BCUT2D eigenvalue weighted by Gasteiger charge is -2.10. The molecule has 0 saturated heterocycles. The largest absolute Gasteiger partial charge is 0.456 e. The number of aromatic nitrogens is 3. The van der Waals surface area contributed by atoms with Crippen LogP contribution < -0.4 is 0 Å². The van der Waals surface area contributed by atoms with Crippen molar-refractivity contribution in [2.24, 2.45) is 0 Å². The summed E-state index contributed by atoms with van der Waals surface area (Å²) in [6, 6.07) is 40.9. The molecule has 0 aliphatic rings. The Morgan fingerprint density at radius 3 is 1.87 bits per heavy atom. The zero-order chi connectivity index (χ0) is 25.5. The molecule has 0 radical (unpaired) electrons. The van der Waals surface area contributed by atoms with Crippen molar-refractivity contribution in [2.45, 2.75) is 0 Å². The number of halogens is 1. The Morgan fingerprint density at radius 1 is 0.474 bits per heavy atom. The second kappa shape index (κ2) is 9.25. The molecular weight excluding hydrogens is 490 g/mol. The SMILES string of the molecule is Clc1nc(-c2ccccc2)nc(-c2cccc3oc4ccc(-c5ccccc5-c5ccccc5)cc4c23)n1. The zero-order valence-corrected chi connectivity index (χ0v) is 20.9. The van der Waals surface area contributed by atoms with Crippen LogP contribution in [0.2, 0.25) is 5.28 Å². The van der Waals surface area contributed by atoms with Gasteiger partial charge in [0.2, 0.25) is 5.28 Å². The van der Waals surface area contributed by atoms with Gasteiger partial charge in [-0.1, -0.05) is 103 Å². The van der Waals surface area contributed by atoms with Crippen LogP contribution in [-0.2, 0) is 0 Å². The quantitative estimate of drug-likeness (QED) is 0.237. The van der Waals surface area contributed by atoms with Crippen LogP contribution in [-0.4, -0.2) is 15.0 Å². The molecule has 7 aromatic rings. The predicted molar refractivity (Wildman–Crippen MR) is 154 cm³/mol. The van der Waals surface area contributed by atoms with Crippen molar-refractivity contribution in [3.63, 3.8) is 0 Å². The molecule has 2 heterocycles. The van der Waals surface area contributed by atoms with Crippen molar-refractivity contribution in [1.29, 1.82) is 0 Å². The molecule has 180 valence electrons. The average molecular weight is 510 g/mol. The molecule has 0 saturated carbocycles. The first kappa shape index (κ1) is 22.4. The molecule has 0 atom stereocenters. The van der Waals surface area contributed by atoms with E-state index in [2.05, 4.69) is 70.6 Å². The first-order valence-electron chi connectivity index (χ1n) is 12.3. The highest BCUT2D eigenvalue weighted by molar-refractivity contribution is 6.28. The first-order valence-corrected chi connectivity index (χ1v) is 12.7. The number of fused-ring (bicyclic) bond motifs is 3. The van der Waals surface area contributed by atoms with Gasteiger partial charge in [-0.3, -0.25) is 0 Å². The molecule has 38 heavy (non-hydrogen) atoms. The van der Waals surface area contributed by atoms with Crippen LogP contribution in [0, 0.1) is 0 Å². The van der Waals surface area contributed by atoms with Crippen LogP contribution in [0.25, 0.3) is 67.0 Å². The summed E-state index contributed by atoms with van der Waals surface area (Å²) in [5.74, 6) is 1.04. The van der Waals surface area contributed by atoms with E-state index in [9.17, 15) is 0 Å². The Labute approximate surface area is 224 Å². The highest BCUT2D eigenvalue weighted by Gasteiger charge is 2.18. The van der Waals surface area contributed by atoms with Crippen LogP contribution >= 0.6 is 11.6 Å². The molecule has 4 nitrogen and oxygen atoms in total. The number of furan rings is 1. The van der Waals surface area contributed by atoms with Gasteiger partial charge in [-0.05, 0) is 52.1 Å². The van der Waals surface area contributed by atoms with Crippen molar-refractivity contribution in [3.8, 4) is 45.0 Å². The van der Waals surface area contributed by atoms with E-state index >= 15 is 0 Å². The normalized spacial score (nSPS) is 11.3. The van der Waals surface area contributed by atoms with E-state index in [1.807, 2.05) is 60.7 Å². The summed E-state index contributed by atoms with van der Waals surface area (Å²) in [5, 5.41) is 2.09. The average Bonchev–Trinajstić information content (AvgIpc) is 3.36. The van der Waals surface area contributed by atoms with Gasteiger partial charge in [0, 0.05) is 21.9 Å². The summed E-state index contributed by atoms with van der Waals surface area (Å²) in [6.45, 7) is 0. The Kier molecular flexibility index (Phi) is 5.46. The molecule has 5 aromatic carbocycles. The number of hydrogen-bond acceptors (Lipinski definition) is 4. The lowest BCUT2D eigenvalue weighted by atomic mass is 9.93. The smallest absolute Gasteiger partial charge is 0.226 e.